The first-order valence-electron chi connectivity index (χ1n) is 3.51. The maximum absolute atomic E-state index is 10.9. The molecule has 1 heterocycles. The fourth-order valence-corrected chi connectivity index (χ4v) is 0.913. The Morgan fingerprint density at radius 2 is 2.45 bits per heavy atom. The summed E-state index contributed by atoms with van der Waals surface area (Å²) < 4.78 is 1.92. The molecule has 11 heavy (non-hydrogen) atoms. The van der Waals surface area contributed by atoms with Gasteiger partial charge >= 0.3 is 0 Å². The molecule has 0 saturated heterocycles. The Labute approximate surface area is 65.8 Å². The summed E-state index contributed by atoms with van der Waals surface area (Å²) in [6, 6.07) is 1.57. The van der Waals surface area contributed by atoms with Crippen LogP contribution >= 0.6 is 0 Å². The van der Waals surface area contributed by atoms with E-state index in [2.05, 4.69) is 6.58 Å². The highest BCUT2D eigenvalue weighted by Crippen LogP contribution is 1.90. The Hall–Kier alpha value is -1.31. The average Bonchev–Trinajstić information content (AvgIpc) is 1.98. The largest absolute Gasteiger partial charge is 0.350 e. The van der Waals surface area contributed by atoms with Crippen LogP contribution in [0.2, 0.25) is 0 Å². The standard InChI is InChI=1S/C9H11NO/c1-3-5-10-6-4-9(11)8(2)7-10/h3-4,6-7H,1,5H2,2H3. The van der Waals surface area contributed by atoms with Crippen LogP contribution in [0.3, 0.4) is 0 Å². The molecule has 0 aromatic carbocycles. The first kappa shape index (κ1) is 7.79. The van der Waals surface area contributed by atoms with Crippen LogP contribution in [0.5, 0.6) is 0 Å². The van der Waals surface area contributed by atoms with E-state index in [-0.39, 0.29) is 5.43 Å². The van der Waals surface area contributed by atoms with Crippen LogP contribution in [-0.4, -0.2) is 4.57 Å². The molecular formula is C9H11NO. The Morgan fingerprint density at radius 3 is 3.00 bits per heavy atom. The quantitative estimate of drug-likeness (QED) is 0.582. The van der Waals surface area contributed by atoms with Crippen molar-refractivity contribution in [1.82, 2.24) is 4.57 Å². The van der Waals surface area contributed by atoms with E-state index < -0.39 is 0 Å². The molecule has 1 rings (SSSR count). The molecule has 0 N–H and O–H groups in total. The van der Waals surface area contributed by atoms with Gasteiger partial charge in [0, 0.05) is 30.6 Å². The van der Waals surface area contributed by atoms with E-state index >= 15 is 0 Å². The topological polar surface area (TPSA) is 22.0 Å². The van der Waals surface area contributed by atoms with E-state index in [0.29, 0.717) is 0 Å². The number of nitrogens with zero attached hydrogens (tertiary/aromatic N) is 1. The van der Waals surface area contributed by atoms with Crippen molar-refractivity contribution >= 4 is 0 Å². The normalized spacial score (nSPS) is 9.55. The van der Waals surface area contributed by atoms with Gasteiger partial charge in [0.25, 0.3) is 0 Å². The van der Waals surface area contributed by atoms with Gasteiger partial charge in [0.05, 0.1) is 0 Å². The molecule has 2 heteroatoms. The van der Waals surface area contributed by atoms with Crippen molar-refractivity contribution < 1.29 is 0 Å². The van der Waals surface area contributed by atoms with Gasteiger partial charge in [-0.05, 0) is 6.92 Å². The van der Waals surface area contributed by atoms with E-state index in [0.717, 1.165) is 12.1 Å². The van der Waals surface area contributed by atoms with Crippen LogP contribution in [0, 0.1) is 6.92 Å². The lowest BCUT2D eigenvalue weighted by atomic mass is 10.3. The molecule has 0 radical (unpaired) electrons. The fraction of sp³-hybridized carbons (Fsp3) is 0.222. The van der Waals surface area contributed by atoms with Gasteiger partial charge in [0.2, 0.25) is 0 Å². The first-order chi connectivity index (χ1) is 5.24. The van der Waals surface area contributed by atoms with Crippen molar-refractivity contribution in [2.45, 2.75) is 13.5 Å². The highest BCUT2D eigenvalue weighted by Gasteiger charge is 1.90. The molecule has 0 amide bonds. The molecule has 0 atom stereocenters. The van der Waals surface area contributed by atoms with Gasteiger partial charge in [0.1, 0.15) is 0 Å². The van der Waals surface area contributed by atoms with E-state index in [4.69, 9.17) is 0 Å². The molecule has 0 saturated carbocycles. The molecular weight excluding hydrogens is 138 g/mol. The number of hydrogen-bond acceptors (Lipinski definition) is 1. The average molecular weight is 149 g/mol. The number of pyridine rings is 1. The van der Waals surface area contributed by atoms with Gasteiger partial charge < -0.3 is 4.57 Å². The summed E-state index contributed by atoms with van der Waals surface area (Å²) in [6.45, 7) is 6.17. The molecule has 0 aliphatic heterocycles. The van der Waals surface area contributed by atoms with Crippen molar-refractivity contribution in [3.63, 3.8) is 0 Å². The van der Waals surface area contributed by atoms with E-state index in [9.17, 15) is 4.79 Å². The molecule has 0 aliphatic carbocycles. The zero-order valence-electron chi connectivity index (χ0n) is 6.58. The van der Waals surface area contributed by atoms with Crippen molar-refractivity contribution in [3.8, 4) is 0 Å². The zero-order valence-corrected chi connectivity index (χ0v) is 6.58. The molecule has 2 nitrogen and oxygen atoms in total. The van der Waals surface area contributed by atoms with Crippen molar-refractivity contribution in [2.24, 2.45) is 0 Å². The Kier molecular flexibility index (Phi) is 2.26. The van der Waals surface area contributed by atoms with Crippen molar-refractivity contribution in [1.29, 1.82) is 0 Å². The molecule has 0 aliphatic rings. The summed E-state index contributed by atoms with van der Waals surface area (Å²) in [5, 5.41) is 0. The Morgan fingerprint density at radius 1 is 1.73 bits per heavy atom. The van der Waals surface area contributed by atoms with E-state index in [1.807, 2.05) is 17.7 Å². The number of rotatable bonds is 2. The molecule has 1 aromatic heterocycles. The number of aromatic nitrogens is 1. The molecule has 0 spiro atoms. The maximum Gasteiger partial charge on any atom is 0.184 e. The second kappa shape index (κ2) is 3.19. The minimum Gasteiger partial charge on any atom is -0.350 e. The minimum absolute atomic E-state index is 0.0883. The van der Waals surface area contributed by atoms with Crippen LogP contribution in [0.1, 0.15) is 5.56 Å². The van der Waals surface area contributed by atoms with Crippen LogP contribution in [0.15, 0.2) is 35.9 Å². The van der Waals surface area contributed by atoms with E-state index in [1.54, 1.807) is 18.3 Å². The third-order valence-electron chi connectivity index (χ3n) is 1.51. The summed E-state index contributed by atoms with van der Waals surface area (Å²) in [4.78, 5) is 10.9. The van der Waals surface area contributed by atoms with Gasteiger partial charge in [0.15, 0.2) is 5.43 Å². The van der Waals surface area contributed by atoms with Crippen LogP contribution < -0.4 is 5.43 Å². The lowest BCUT2D eigenvalue weighted by Gasteiger charge is -2.01. The van der Waals surface area contributed by atoms with Gasteiger partial charge in [-0.2, -0.15) is 0 Å². The summed E-state index contributed by atoms with van der Waals surface area (Å²) in [5.74, 6) is 0. The second-order valence-electron chi connectivity index (χ2n) is 2.48. The van der Waals surface area contributed by atoms with Crippen LogP contribution in [0.4, 0.5) is 0 Å². The summed E-state index contributed by atoms with van der Waals surface area (Å²) in [5.41, 5.74) is 0.861. The number of allylic oxidation sites excluding steroid dienone is 1. The highest BCUT2D eigenvalue weighted by molar-refractivity contribution is 5.08. The monoisotopic (exact) mass is 149 g/mol. The predicted molar refractivity (Wildman–Crippen MR) is 45.6 cm³/mol. The minimum atomic E-state index is 0.0883. The molecule has 0 unspecified atom stereocenters. The van der Waals surface area contributed by atoms with Gasteiger partial charge in [-0.1, -0.05) is 6.08 Å². The predicted octanol–water partition coefficient (Wildman–Crippen LogP) is 1.34. The SMILES string of the molecule is C=CCn1ccc(=O)c(C)c1. The van der Waals surface area contributed by atoms with E-state index in [1.165, 1.54) is 0 Å². The third-order valence-corrected chi connectivity index (χ3v) is 1.51. The lowest BCUT2D eigenvalue weighted by Crippen LogP contribution is -2.07. The lowest BCUT2D eigenvalue weighted by molar-refractivity contribution is 0.805. The zero-order chi connectivity index (χ0) is 8.27. The Balaban J connectivity index is 3.04. The smallest absolute Gasteiger partial charge is 0.184 e. The van der Waals surface area contributed by atoms with Crippen molar-refractivity contribution in [3.05, 3.63) is 46.9 Å². The second-order valence-corrected chi connectivity index (χ2v) is 2.48. The number of aryl methyl sites for hydroxylation is 1. The number of hydrogen-bond donors (Lipinski definition) is 0. The molecule has 0 bridgehead atoms. The Bertz CT molecular complexity index is 312. The van der Waals surface area contributed by atoms with Crippen LogP contribution in [-0.2, 0) is 6.54 Å². The summed E-state index contributed by atoms with van der Waals surface area (Å²) in [7, 11) is 0. The van der Waals surface area contributed by atoms with Crippen LogP contribution in [0.25, 0.3) is 0 Å². The summed E-state index contributed by atoms with van der Waals surface area (Å²) in [6.07, 6.45) is 5.38. The molecule has 1 aromatic rings. The highest BCUT2D eigenvalue weighted by atomic mass is 16.1. The van der Waals surface area contributed by atoms with Gasteiger partial charge in [-0.3, -0.25) is 4.79 Å². The fourth-order valence-electron chi connectivity index (χ4n) is 0.913. The molecule has 58 valence electrons. The van der Waals surface area contributed by atoms with Gasteiger partial charge in [-0.15, -0.1) is 6.58 Å². The van der Waals surface area contributed by atoms with Gasteiger partial charge in [-0.25, -0.2) is 0 Å². The third kappa shape index (κ3) is 1.80. The molecule has 0 fully saturated rings. The maximum atomic E-state index is 10.9. The first-order valence-corrected chi connectivity index (χ1v) is 3.51. The van der Waals surface area contributed by atoms with Crippen molar-refractivity contribution in [2.75, 3.05) is 0 Å². The summed E-state index contributed by atoms with van der Waals surface area (Å²) >= 11 is 0.